The standard InChI is InChI=1S/C39H19N3O2/c40-20-23-14-24(21-41)16-26(15-23)27-18-31(25-12-13-37-33(17-25)28-6-1-3-9-35(28)43-37)34(22-42)32(19-27)29-8-5-11-38-39(29)30-7-2-4-10-36(30)44-38/h1-19H. The second kappa shape index (κ2) is 9.74. The number of nitriles is 3. The van der Waals surface area contributed by atoms with E-state index >= 15 is 0 Å². The fourth-order valence-corrected chi connectivity index (χ4v) is 6.19. The van der Waals surface area contributed by atoms with Gasteiger partial charge in [-0.05, 0) is 82.9 Å². The van der Waals surface area contributed by atoms with E-state index in [1.807, 2.05) is 91.0 Å². The summed E-state index contributed by atoms with van der Waals surface area (Å²) in [4.78, 5) is 0. The van der Waals surface area contributed by atoms with Crippen LogP contribution in [0, 0.1) is 34.0 Å². The fourth-order valence-electron chi connectivity index (χ4n) is 6.19. The molecule has 0 saturated carbocycles. The van der Waals surface area contributed by atoms with Crippen LogP contribution in [0.2, 0.25) is 0 Å². The van der Waals surface area contributed by atoms with E-state index in [0.717, 1.165) is 71.7 Å². The number of para-hydroxylation sites is 2. The minimum absolute atomic E-state index is 0.390. The van der Waals surface area contributed by atoms with Crippen molar-refractivity contribution >= 4 is 43.9 Å². The molecule has 0 aliphatic rings. The van der Waals surface area contributed by atoms with E-state index in [2.05, 4.69) is 24.3 Å². The molecule has 44 heavy (non-hydrogen) atoms. The molecular weight excluding hydrogens is 542 g/mol. The monoisotopic (exact) mass is 561 g/mol. The van der Waals surface area contributed by atoms with Crippen LogP contribution in [0.25, 0.3) is 77.3 Å². The van der Waals surface area contributed by atoms with Gasteiger partial charge in [-0.15, -0.1) is 0 Å². The van der Waals surface area contributed by atoms with Crippen LogP contribution in [-0.4, -0.2) is 0 Å². The fraction of sp³-hybridized carbons (Fsp3) is 0. The highest BCUT2D eigenvalue weighted by molar-refractivity contribution is 6.13. The lowest BCUT2D eigenvalue weighted by molar-refractivity contribution is 0.668. The molecule has 0 aliphatic carbocycles. The molecule has 0 spiro atoms. The smallest absolute Gasteiger partial charge is 0.136 e. The molecule has 8 aromatic rings. The minimum Gasteiger partial charge on any atom is -0.456 e. The van der Waals surface area contributed by atoms with E-state index in [1.54, 1.807) is 18.2 Å². The van der Waals surface area contributed by atoms with Gasteiger partial charge >= 0.3 is 0 Å². The van der Waals surface area contributed by atoms with Gasteiger partial charge in [0.1, 0.15) is 28.4 Å². The Hall–Kier alpha value is -6.61. The van der Waals surface area contributed by atoms with Crippen LogP contribution in [0.1, 0.15) is 16.7 Å². The van der Waals surface area contributed by atoms with Gasteiger partial charge in [-0.2, -0.15) is 15.8 Å². The van der Waals surface area contributed by atoms with Gasteiger partial charge in [-0.25, -0.2) is 0 Å². The van der Waals surface area contributed by atoms with E-state index < -0.39 is 0 Å². The van der Waals surface area contributed by atoms with Crippen molar-refractivity contribution < 1.29 is 8.83 Å². The van der Waals surface area contributed by atoms with Crippen molar-refractivity contribution in [1.82, 2.24) is 0 Å². The molecule has 2 aromatic heterocycles. The summed E-state index contributed by atoms with van der Waals surface area (Å²) >= 11 is 0. The molecule has 202 valence electrons. The number of hydrogen-bond acceptors (Lipinski definition) is 5. The first kappa shape index (κ1) is 25.1. The molecule has 5 heteroatoms. The lowest BCUT2D eigenvalue weighted by Gasteiger charge is -2.15. The number of nitrogens with zero attached hydrogens (tertiary/aromatic N) is 3. The van der Waals surface area contributed by atoms with Crippen molar-refractivity contribution in [3.05, 3.63) is 132 Å². The Kier molecular flexibility index (Phi) is 5.56. The van der Waals surface area contributed by atoms with Gasteiger partial charge in [0, 0.05) is 32.7 Å². The van der Waals surface area contributed by atoms with Crippen molar-refractivity contribution in [2.45, 2.75) is 0 Å². The van der Waals surface area contributed by atoms with Crippen LogP contribution in [0.3, 0.4) is 0 Å². The number of hydrogen-bond donors (Lipinski definition) is 0. The summed E-state index contributed by atoms with van der Waals surface area (Å²) in [5.41, 5.74) is 9.02. The van der Waals surface area contributed by atoms with E-state index in [0.29, 0.717) is 22.3 Å². The van der Waals surface area contributed by atoms with Gasteiger partial charge in [0.2, 0.25) is 0 Å². The highest BCUT2D eigenvalue weighted by Crippen LogP contribution is 2.43. The number of rotatable bonds is 3. The molecule has 0 aliphatic heterocycles. The first-order valence-corrected chi connectivity index (χ1v) is 14.0. The Morgan fingerprint density at radius 3 is 1.77 bits per heavy atom. The molecule has 0 amide bonds. The Labute approximate surface area is 251 Å². The van der Waals surface area contributed by atoms with E-state index in [9.17, 15) is 15.8 Å². The van der Waals surface area contributed by atoms with Crippen LogP contribution in [0.15, 0.2) is 124 Å². The second-order valence-electron chi connectivity index (χ2n) is 10.7. The Bertz CT molecular complexity index is 2570. The summed E-state index contributed by atoms with van der Waals surface area (Å²) < 4.78 is 12.3. The molecule has 6 aromatic carbocycles. The molecule has 0 unspecified atom stereocenters. The van der Waals surface area contributed by atoms with Crippen molar-refractivity contribution in [2.75, 3.05) is 0 Å². The molecule has 2 heterocycles. The van der Waals surface area contributed by atoms with Gasteiger partial charge in [0.05, 0.1) is 28.8 Å². The molecule has 5 nitrogen and oxygen atoms in total. The zero-order valence-corrected chi connectivity index (χ0v) is 23.1. The number of fused-ring (bicyclic) bond motifs is 6. The average Bonchev–Trinajstić information content (AvgIpc) is 3.65. The lowest BCUT2D eigenvalue weighted by Crippen LogP contribution is -1.94. The average molecular weight is 562 g/mol. The third-order valence-corrected chi connectivity index (χ3v) is 8.16. The Balaban J connectivity index is 1.48. The van der Waals surface area contributed by atoms with Crippen LogP contribution in [-0.2, 0) is 0 Å². The zero-order chi connectivity index (χ0) is 29.8. The van der Waals surface area contributed by atoms with Gasteiger partial charge in [-0.3, -0.25) is 0 Å². The molecular formula is C39H19N3O2. The second-order valence-corrected chi connectivity index (χ2v) is 10.7. The molecule has 0 bridgehead atoms. The third kappa shape index (κ3) is 3.84. The third-order valence-electron chi connectivity index (χ3n) is 8.16. The Morgan fingerprint density at radius 2 is 1.02 bits per heavy atom. The van der Waals surface area contributed by atoms with Crippen LogP contribution in [0.4, 0.5) is 0 Å². The van der Waals surface area contributed by atoms with Crippen LogP contribution in [0.5, 0.6) is 0 Å². The highest BCUT2D eigenvalue weighted by Gasteiger charge is 2.20. The summed E-state index contributed by atoms with van der Waals surface area (Å²) in [6.07, 6.45) is 0. The minimum atomic E-state index is 0.390. The molecule has 8 rings (SSSR count). The van der Waals surface area contributed by atoms with Gasteiger partial charge in [-0.1, -0.05) is 54.6 Å². The topological polar surface area (TPSA) is 97.6 Å². The first-order valence-electron chi connectivity index (χ1n) is 14.0. The molecule has 0 atom stereocenters. The largest absolute Gasteiger partial charge is 0.456 e. The molecule has 0 radical (unpaired) electrons. The van der Waals surface area contributed by atoms with E-state index in [1.165, 1.54) is 0 Å². The number of benzene rings is 6. The first-order chi connectivity index (χ1) is 21.6. The van der Waals surface area contributed by atoms with Gasteiger partial charge < -0.3 is 8.83 Å². The van der Waals surface area contributed by atoms with Gasteiger partial charge in [0.25, 0.3) is 0 Å². The normalized spacial score (nSPS) is 11.1. The van der Waals surface area contributed by atoms with E-state index in [4.69, 9.17) is 8.83 Å². The van der Waals surface area contributed by atoms with Crippen molar-refractivity contribution in [3.63, 3.8) is 0 Å². The number of furan rings is 2. The maximum atomic E-state index is 10.8. The van der Waals surface area contributed by atoms with Crippen LogP contribution < -0.4 is 0 Å². The van der Waals surface area contributed by atoms with Crippen LogP contribution >= 0.6 is 0 Å². The predicted molar refractivity (Wildman–Crippen MR) is 171 cm³/mol. The summed E-state index contributed by atoms with van der Waals surface area (Å²) in [7, 11) is 0. The quantitative estimate of drug-likeness (QED) is 0.214. The van der Waals surface area contributed by atoms with Crippen molar-refractivity contribution in [1.29, 1.82) is 15.8 Å². The lowest BCUT2D eigenvalue weighted by atomic mass is 9.86. The summed E-state index contributed by atoms with van der Waals surface area (Å²) in [6, 6.07) is 43.5. The van der Waals surface area contributed by atoms with Crippen molar-refractivity contribution in [2.24, 2.45) is 0 Å². The van der Waals surface area contributed by atoms with Gasteiger partial charge in [0.15, 0.2) is 0 Å². The summed E-state index contributed by atoms with van der Waals surface area (Å²) in [5, 5.41) is 34.0. The predicted octanol–water partition coefficient (Wildman–Crippen LogP) is 10.1. The zero-order valence-electron chi connectivity index (χ0n) is 23.1. The SMILES string of the molecule is N#Cc1cc(C#N)cc(-c2cc(-c3ccc4oc5ccccc5c4c3)c(C#N)c(-c3cccc4oc5ccccc5c34)c2)c1. The highest BCUT2D eigenvalue weighted by atomic mass is 16.3. The molecule has 0 N–H and O–H groups in total. The summed E-state index contributed by atoms with van der Waals surface area (Å²) in [5.74, 6) is 0. The van der Waals surface area contributed by atoms with Crippen molar-refractivity contribution in [3.8, 4) is 51.6 Å². The maximum Gasteiger partial charge on any atom is 0.136 e. The molecule has 0 fully saturated rings. The molecule has 0 saturated heterocycles. The van der Waals surface area contributed by atoms with E-state index in [-0.39, 0.29) is 0 Å². The maximum absolute atomic E-state index is 10.8. The summed E-state index contributed by atoms with van der Waals surface area (Å²) in [6.45, 7) is 0. The Morgan fingerprint density at radius 1 is 0.409 bits per heavy atom.